The van der Waals surface area contributed by atoms with Gasteiger partial charge in [-0.2, -0.15) is 0 Å². The molecule has 4 heteroatoms. The molecule has 2 aromatic rings. The van der Waals surface area contributed by atoms with E-state index in [1.165, 1.54) is 0 Å². The second kappa shape index (κ2) is 3.75. The van der Waals surface area contributed by atoms with Crippen molar-refractivity contribution < 1.29 is 0 Å². The fourth-order valence-corrected chi connectivity index (χ4v) is 2.01. The van der Waals surface area contributed by atoms with Crippen molar-refractivity contribution >= 4 is 17.2 Å². The molecule has 0 bridgehead atoms. The minimum Gasteiger partial charge on any atom is -0.384 e. The first-order valence-electron chi connectivity index (χ1n) is 4.47. The lowest BCUT2D eigenvalue weighted by atomic mass is 10.3. The Morgan fingerprint density at radius 1 is 1.43 bits per heavy atom. The number of thiazole rings is 1. The smallest absolute Gasteiger partial charge is 0.124 e. The third-order valence-corrected chi connectivity index (χ3v) is 3.04. The predicted molar refractivity (Wildman–Crippen MR) is 59.1 cm³/mol. The molecule has 0 aliphatic rings. The van der Waals surface area contributed by atoms with Crippen LogP contribution in [0, 0.1) is 0 Å². The zero-order valence-corrected chi connectivity index (χ0v) is 8.71. The van der Waals surface area contributed by atoms with E-state index in [0.29, 0.717) is 5.82 Å². The minimum atomic E-state index is 0.550. The topological polar surface area (TPSA) is 51.8 Å². The van der Waals surface area contributed by atoms with E-state index in [1.54, 1.807) is 17.4 Å². The normalized spacial score (nSPS) is 10.4. The second-order valence-corrected chi connectivity index (χ2v) is 4.03. The number of rotatable bonds is 2. The van der Waals surface area contributed by atoms with Gasteiger partial charge in [-0.25, -0.2) is 9.97 Å². The molecule has 0 saturated carbocycles. The summed E-state index contributed by atoms with van der Waals surface area (Å²) in [7, 11) is 0. The highest BCUT2D eigenvalue weighted by Crippen LogP contribution is 2.24. The number of pyridine rings is 1. The Kier molecular flexibility index (Phi) is 2.45. The van der Waals surface area contributed by atoms with E-state index in [1.807, 2.05) is 18.3 Å². The van der Waals surface area contributed by atoms with Crippen molar-refractivity contribution in [2.75, 3.05) is 5.73 Å². The molecule has 0 aliphatic heterocycles. The highest BCUT2D eigenvalue weighted by Gasteiger charge is 2.04. The summed E-state index contributed by atoms with van der Waals surface area (Å²) in [5.41, 5.74) is 6.51. The number of nitrogens with two attached hydrogens (primary N) is 1. The van der Waals surface area contributed by atoms with E-state index in [2.05, 4.69) is 16.9 Å². The summed E-state index contributed by atoms with van der Waals surface area (Å²) in [6.45, 7) is 2.09. The lowest BCUT2D eigenvalue weighted by Gasteiger charge is -1.96. The molecule has 2 heterocycles. The lowest BCUT2D eigenvalue weighted by molar-refractivity contribution is 1.09. The van der Waals surface area contributed by atoms with Crippen molar-refractivity contribution in [2.24, 2.45) is 0 Å². The van der Waals surface area contributed by atoms with Crippen LogP contribution in [-0.4, -0.2) is 9.97 Å². The molecule has 3 nitrogen and oxygen atoms in total. The second-order valence-electron chi connectivity index (χ2n) is 2.92. The molecule has 0 aliphatic carbocycles. The molecule has 0 radical (unpaired) electrons. The molecular weight excluding hydrogens is 194 g/mol. The van der Waals surface area contributed by atoms with Gasteiger partial charge in [0.25, 0.3) is 0 Å². The maximum atomic E-state index is 5.61. The first-order valence-corrected chi connectivity index (χ1v) is 5.29. The summed E-state index contributed by atoms with van der Waals surface area (Å²) in [5, 5.41) is 1.13. The molecule has 0 aromatic carbocycles. The molecular formula is C10H11N3S. The summed E-state index contributed by atoms with van der Waals surface area (Å²) in [6, 6.07) is 5.64. The van der Waals surface area contributed by atoms with Crippen LogP contribution < -0.4 is 5.73 Å². The summed E-state index contributed by atoms with van der Waals surface area (Å²) < 4.78 is 0. The van der Waals surface area contributed by atoms with Crippen molar-refractivity contribution in [3.8, 4) is 10.6 Å². The highest BCUT2D eigenvalue weighted by atomic mass is 32.1. The number of nitrogen functional groups attached to an aromatic ring is 1. The number of anilines is 1. The molecule has 72 valence electrons. The predicted octanol–water partition coefficient (Wildman–Crippen LogP) is 2.35. The van der Waals surface area contributed by atoms with Crippen molar-refractivity contribution in [1.29, 1.82) is 0 Å². The molecule has 2 N–H and O–H groups in total. The van der Waals surface area contributed by atoms with Crippen molar-refractivity contribution in [2.45, 2.75) is 13.3 Å². The van der Waals surface area contributed by atoms with Crippen LogP contribution in [0.5, 0.6) is 0 Å². The Hall–Kier alpha value is -1.42. The van der Waals surface area contributed by atoms with Crippen LogP contribution in [0.1, 0.15) is 11.9 Å². The largest absolute Gasteiger partial charge is 0.384 e. The van der Waals surface area contributed by atoms with E-state index in [4.69, 9.17) is 5.73 Å². The number of hydrogen-bond acceptors (Lipinski definition) is 4. The summed E-state index contributed by atoms with van der Waals surface area (Å²) in [6.07, 6.45) is 2.82. The van der Waals surface area contributed by atoms with Gasteiger partial charge in [0, 0.05) is 6.20 Å². The molecule has 0 saturated heterocycles. The number of hydrogen-bond donors (Lipinski definition) is 1. The van der Waals surface area contributed by atoms with Crippen LogP contribution in [0.25, 0.3) is 10.6 Å². The van der Waals surface area contributed by atoms with Crippen LogP contribution in [0.3, 0.4) is 0 Å². The fraction of sp³-hybridized carbons (Fsp3) is 0.200. The lowest BCUT2D eigenvalue weighted by Crippen LogP contribution is -1.89. The Morgan fingerprint density at radius 3 is 2.93 bits per heavy atom. The Bertz CT molecular complexity index is 436. The molecule has 2 aromatic heterocycles. The summed E-state index contributed by atoms with van der Waals surface area (Å²) >= 11 is 1.67. The van der Waals surface area contributed by atoms with E-state index >= 15 is 0 Å². The van der Waals surface area contributed by atoms with Crippen LogP contribution in [0.2, 0.25) is 0 Å². The number of nitrogens with zero attached hydrogens (tertiary/aromatic N) is 2. The molecule has 0 unspecified atom stereocenters. The quantitative estimate of drug-likeness (QED) is 0.818. The maximum absolute atomic E-state index is 5.61. The van der Waals surface area contributed by atoms with Crippen molar-refractivity contribution in [3.05, 3.63) is 29.4 Å². The van der Waals surface area contributed by atoms with Crippen LogP contribution in [0.4, 0.5) is 5.82 Å². The Morgan fingerprint density at radius 2 is 2.29 bits per heavy atom. The number of aromatic nitrogens is 2. The molecule has 0 spiro atoms. The van der Waals surface area contributed by atoms with Crippen molar-refractivity contribution in [1.82, 2.24) is 9.97 Å². The average molecular weight is 205 g/mol. The SMILES string of the molecule is CCc1ncc(-c2cccc(N)n2)s1. The van der Waals surface area contributed by atoms with Gasteiger partial charge in [-0.15, -0.1) is 11.3 Å². The minimum absolute atomic E-state index is 0.550. The molecule has 2 rings (SSSR count). The van der Waals surface area contributed by atoms with Gasteiger partial charge in [-0.3, -0.25) is 0 Å². The monoisotopic (exact) mass is 205 g/mol. The molecule has 0 amide bonds. The maximum Gasteiger partial charge on any atom is 0.124 e. The summed E-state index contributed by atoms with van der Waals surface area (Å²) in [4.78, 5) is 9.60. The average Bonchev–Trinajstić information content (AvgIpc) is 2.66. The first-order chi connectivity index (χ1) is 6.79. The molecule has 0 atom stereocenters. The molecule has 0 fully saturated rings. The van der Waals surface area contributed by atoms with Gasteiger partial charge in [0.2, 0.25) is 0 Å². The van der Waals surface area contributed by atoms with E-state index in [-0.39, 0.29) is 0 Å². The van der Waals surface area contributed by atoms with Gasteiger partial charge in [0.05, 0.1) is 15.6 Å². The Balaban J connectivity index is 2.39. The third-order valence-electron chi connectivity index (χ3n) is 1.88. The standard InChI is InChI=1S/C10H11N3S/c1-2-10-12-6-8(14-10)7-4-3-5-9(11)13-7/h3-6H,2H2,1H3,(H2,11,13). The fourth-order valence-electron chi connectivity index (χ4n) is 1.18. The van der Waals surface area contributed by atoms with Crippen LogP contribution in [-0.2, 0) is 6.42 Å². The summed E-state index contributed by atoms with van der Waals surface area (Å²) in [5.74, 6) is 0.550. The van der Waals surface area contributed by atoms with E-state index < -0.39 is 0 Å². The van der Waals surface area contributed by atoms with E-state index in [0.717, 1.165) is 22.0 Å². The van der Waals surface area contributed by atoms with Gasteiger partial charge >= 0.3 is 0 Å². The first kappa shape index (κ1) is 9.15. The highest BCUT2D eigenvalue weighted by molar-refractivity contribution is 7.15. The van der Waals surface area contributed by atoms with Crippen LogP contribution in [0.15, 0.2) is 24.4 Å². The van der Waals surface area contributed by atoms with Gasteiger partial charge in [-0.1, -0.05) is 13.0 Å². The van der Waals surface area contributed by atoms with Crippen molar-refractivity contribution in [3.63, 3.8) is 0 Å². The number of aryl methyl sites for hydroxylation is 1. The third kappa shape index (κ3) is 1.75. The van der Waals surface area contributed by atoms with Gasteiger partial charge in [0.1, 0.15) is 5.82 Å². The Labute approximate surface area is 86.6 Å². The zero-order chi connectivity index (χ0) is 9.97. The zero-order valence-electron chi connectivity index (χ0n) is 7.90. The van der Waals surface area contributed by atoms with E-state index in [9.17, 15) is 0 Å². The van der Waals surface area contributed by atoms with Gasteiger partial charge in [-0.05, 0) is 18.6 Å². The van der Waals surface area contributed by atoms with Gasteiger partial charge in [0.15, 0.2) is 0 Å². The molecule has 14 heavy (non-hydrogen) atoms. The van der Waals surface area contributed by atoms with Gasteiger partial charge < -0.3 is 5.73 Å². The van der Waals surface area contributed by atoms with Crippen LogP contribution >= 0.6 is 11.3 Å².